The highest BCUT2D eigenvalue weighted by Gasteiger charge is 2.43. The minimum atomic E-state index is -0.624. The van der Waals surface area contributed by atoms with Gasteiger partial charge in [-0.1, -0.05) is 20.3 Å². The van der Waals surface area contributed by atoms with Crippen molar-refractivity contribution in [1.82, 2.24) is 4.90 Å². The number of nitrogens with zero attached hydrogens (tertiary/aromatic N) is 1. The van der Waals surface area contributed by atoms with Crippen molar-refractivity contribution < 1.29 is 9.90 Å². The summed E-state index contributed by atoms with van der Waals surface area (Å²) in [5.74, 6) is 0.817. The molecular weight excluding hydrogens is 190 g/mol. The van der Waals surface area contributed by atoms with Gasteiger partial charge in [-0.15, -0.1) is 0 Å². The molecule has 1 heterocycles. The van der Waals surface area contributed by atoms with Crippen molar-refractivity contribution in [2.45, 2.75) is 51.6 Å². The number of hydrogen-bond acceptors (Lipinski definition) is 2. The third-order valence-electron chi connectivity index (χ3n) is 4.37. The summed E-state index contributed by atoms with van der Waals surface area (Å²) in [6, 6.07) is 0.320. The molecule has 1 saturated heterocycles. The van der Waals surface area contributed by atoms with E-state index in [-0.39, 0.29) is 6.04 Å². The number of carbonyl (C=O) groups is 1. The topological polar surface area (TPSA) is 40.5 Å². The lowest BCUT2D eigenvalue weighted by Gasteiger charge is -2.50. The van der Waals surface area contributed by atoms with Crippen LogP contribution in [0.4, 0.5) is 0 Å². The maximum Gasteiger partial charge on any atom is 0.320 e. The van der Waals surface area contributed by atoms with Gasteiger partial charge in [0.1, 0.15) is 6.04 Å². The number of piperidine rings is 1. The second kappa shape index (κ2) is 4.12. The third kappa shape index (κ3) is 1.89. The van der Waals surface area contributed by atoms with E-state index in [0.29, 0.717) is 12.0 Å². The fraction of sp³-hybridized carbons (Fsp3) is 0.917. The highest BCUT2D eigenvalue weighted by Crippen LogP contribution is 2.40. The van der Waals surface area contributed by atoms with E-state index >= 15 is 0 Å². The molecule has 1 aliphatic carbocycles. The van der Waals surface area contributed by atoms with Crippen LogP contribution in [-0.4, -0.2) is 34.6 Å². The Morgan fingerprint density at radius 3 is 2.60 bits per heavy atom. The first kappa shape index (κ1) is 10.9. The Morgan fingerprint density at radius 1 is 1.33 bits per heavy atom. The van der Waals surface area contributed by atoms with Gasteiger partial charge in [0.25, 0.3) is 0 Å². The van der Waals surface area contributed by atoms with Crippen LogP contribution < -0.4 is 0 Å². The Balaban J connectivity index is 2.02. The van der Waals surface area contributed by atoms with Crippen LogP contribution in [0.3, 0.4) is 0 Å². The Labute approximate surface area is 91.5 Å². The standard InChI is InChI=1S/C12H21NO2/c1-8-7-11(9(8)2)13-6-4-3-5-10(13)12(14)15/h8-11H,3-7H2,1-2H3,(H,14,15). The Kier molecular flexibility index (Phi) is 3.01. The average Bonchev–Trinajstić information content (AvgIpc) is 2.25. The number of aliphatic carboxylic acids is 1. The summed E-state index contributed by atoms with van der Waals surface area (Å²) < 4.78 is 0. The molecule has 4 unspecified atom stereocenters. The second-order valence-electron chi connectivity index (χ2n) is 5.23. The van der Waals surface area contributed by atoms with Crippen LogP contribution in [0.2, 0.25) is 0 Å². The molecule has 0 amide bonds. The fourth-order valence-electron chi connectivity index (χ4n) is 3.05. The Bertz CT molecular complexity index is 254. The molecule has 0 radical (unpaired) electrons. The van der Waals surface area contributed by atoms with E-state index in [1.54, 1.807) is 0 Å². The number of rotatable bonds is 2. The zero-order chi connectivity index (χ0) is 11.0. The molecule has 1 saturated carbocycles. The minimum Gasteiger partial charge on any atom is -0.480 e. The molecule has 2 aliphatic rings. The fourth-order valence-corrected chi connectivity index (χ4v) is 3.05. The molecule has 0 aromatic carbocycles. The summed E-state index contributed by atoms with van der Waals surface area (Å²) in [5.41, 5.74) is 0. The van der Waals surface area contributed by atoms with Crippen LogP contribution in [0.15, 0.2) is 0 Å². The molecule has 1 N–H and O–H groups in total. The van der Waals surface area contributed by atoms with E-state index in [1.165, 1.54) is 12.8 Å². The van der Waals surface area contributed by atoms with E-state index in [9.17, 15) is 9.90 Å². The van der Waals surface area contributed by atoms with Crippen molar-refractivity contribution in [2.24, 2.45) is 11.8 Å². The zero-order valence-electron chi connectivity index (χ0n) is 9.65. The van der Waals surface area contributed by atoms with Crippen LogP contribution in [0.1, 0.15) is 39.5 Å². The lowest BCUT2D eigenvalue weighted by atomic mass is 9.70. The maximum absolute atomic E-state index is 11.2. The van der Waals surface area contributed by atoms with Crippen LogP contribution in [-0.2, 0) is 4.79 Å². The van der Waals surface area contributed by atoms with Gasteiger partial charge in [-0.05, 0) is 37.6 Å². The molecule has 2 rings (SSSR count). The van der Waals surface area contributed by atoms with Crippen LogP contribution in [0, 0.1) is 11.8 Å². The number of carboxylic acid groups (broad SMARTS) is 1. The van der Waals surface area contributed by atoms with Crippen molar-refractivity contribution in [3.63, 3.8) is 0 Å². The molecule has 0 spiro atoms. The van der Waals surface area contributed by atoms with Crippen molar-refractivity contribution >= 4 is 5.97 Å². The number of likely N-dealkylation sites (tertiary alicyclic amines) is 1. The molecule has 1 aliphatic heterocycles. The summed E-state index contributed by atoms with van der Waals surface area (Å²) in [4.78, 5) is 13.4. The van der Waals surface area contributed by atoms with Gasteiger partial charge in [0.05, 0.1) is 0 Å². The monoisotopic (exact) mass is 211 g/mol. The van der Waals surface area contributed by atoms with Crippen molar-refractivity contribution in [3.05, 3.63) is 0 Å². The smallest absolute Gasteiger partial charge is 0.320 e. The van der Waals surface area contributed by atoms with Crippen LogP contribution in [0.25, 0.3) is 0 Å². The zero-order valence-corrected chi connectivity index (χ0v) is 9.65. The van der Waals surface area contributed by atoms with E-state index in [1.807, 2.05) is 0 Å². The van der Waals surface area contributed by atoms with Gasteiger partial charge >= 0.3 is 5.97 Å². The van der Waals surface area contributed by atoms with E-state index in [4.69, 9.17) is 0 Å². The largest absolute Gasteiger partial charge is 0.480 e. The predicted octanol–water partition coefficient (Wildman–Crippen LogP) is 1.97. The van der Waals surface area contributed by atoms with Gasteiger partial charge in [-0.25, -0.2) is 0 Å². The highest BCUT2D eigenvalue weighted by molar-refractivity contribution is 5.73. The van der Waals surface area contributed by atoms with Gasteiger partial charge in [-0.2, -0.15) is 0 Å². The predicted molar refractivity (Wildman–Crippen MR) is 58.7 cm³/mol. The van der Waals surface area contributed by atoms with E-state index in [2.05, 4.69) is 18.7 Å². The normalized spacial score (nSPS) is 42.3. The summed E-state index contributed by atoms with van der Waals surface area (Å²) in [5, 5.41) is 9.19. The molecule has 86 valence electrons. The Morgan fingerprint density at radius 2 is 2.07 bits per heavy atom. The lowest BCUT2D eigenvalue weighted by molar-refractivity contribution is -0.149. The first-order valence-electron chi connectivity index (χ1n) is 6.10. The first-order valence-corrected chi connectivity index (χ1v) is 6.10. The molecule has 3 heteroatoms. The van der Waals surface area contributed by atoms with Gasteiger partial charge in [0.2, 0.25) is 0 Å². The lowest BCUT2D eigenvalue weighted by Crippen LogP contribution is -2.58. The van der Waals surface area contributed by atoms with Gasteiger partial charge < -0.3 is 5.11 Å². The minimum absolute atomic E-state index is 0.210. The molecule has 2 fully saturated rings. The molecule has 0 aromatic heterocycles. The van der Waals surface area contributed by atoms with Crippen LogP contribution in [0.5, 0.6) is 0 Å². The number of carboxylic acids is 1. The molecule has 0 aromatic rings. The van der Waals surface area contributed by atoms with E-state index in [0.717, 1.165) is 25.3 Å². The first-order chi connectivity index (χ1) is 7.11. The molecular formula is C12H21NO2. The van der Waals surface area contributed by atoms with Gasteiger partial charge in [0.15, 0.2) is 0 Å². The molecule has 0 bridgehead atoms. The van der Waals surface area contributed by atoms with Gasteiger partial charge in [-0.3, -0.25) is 9.69 Å². The highest BCUT2D eigenvalue weighted by atomic mass is 16.4. The van der Waals surface area contributed by atoms with Crippen molar-refractivity contribution in [1.29, 1.82) is 0 Å². The van der Waals surface area contributed by atoms with E-state index < -0.39 is 5.97 Å². The number of hydrogen-bond donors (Lipinski definition) is 1. The maximum atomic E-state index is 11.2. The summed E-state index contributed by atoms with van der Waals surface area (Å²) in [6.07, 6.45) is 4.27. The van der Waals surface area contributed by atoms with Gasteiger partial charge in [0, 0.05) is 6.04 Å². The molecule has 3 nitrogen and oxygen atoms in total. The average molecular weight is 211 g/mol. The third-order valence-corrected chi connectivity index (χ3v) is 4.37. The summed E-state index contributed by atoms with van der Waals surface area (Å²) in [6.45, 7) is 5.51. The summed E-state index contributed by atoms with van der Waals surface area (Å²) >= 11 is 0. The van der Waals surface area contributed by atoms with Crippen LogP contribution >= 0.6 is 0 Å². The summed E-state index contributed by atoms with van der Waals surface area (Å²) in [7, 11) is 0. The quantitative estimate of drug-likeness (QED) is 0.759. The van der Waals surface area contributed by atoms with Crippen molar-refractivity contribution in [3.8, 4) is 0 Å². The SMILES string of the molecule is CC1CC(N2CCCCC2C(=O)O)C1C. The molecule has 4 atom stereocenters. The van der Waals surface area contributed by atoms with Crippen molar-refractivity contribution in [2.75, 3.05) is 6.54 Å². The second-order valence-corrected chi connectivity index (χ2v) is 5.23. The molecule has 15 heavy (non-hydrogen) atoms. The Hall–Kier alpha value is -0.570.